The third-order valence-electron chi connectivity index (χ3n) is 3.45. The van der Waals surface area contributed by atoms with E-state index >= 15 is 0 Å². The maximum atomic E-state index is 5.38. The van der Waals surface area contributed by atoms with Crippen LogP contribution in [-0.4, -0.2) is 29.9 Å². The first kappa shape index (κ1) is 9.96. The van der Waals surface area contributed by atoms with E-state index in [0.717, 1.165) is 41.7 Å². The lowest BCUT2D eigenvalue weighted by atomic mass is 10.0. The van der Waals surface area contributed by atoms with Crippen LogP contribution in [0.25, 0.3) is 11.3 Å². The minimum absolute atomic E-state index is 0.306. The Labute approximate surface area is 104 Å². The van der Waals surface area contributed by atoms with Crippen LogP contribution in [0.15, 0.2) is 24.4 Å². The summed E-state index contributed by atoms with van der Waals surface area (Å²) in [6.45, 7) is 2.32. The summed E-state index contributed by atoms with van der Waals surface area (Å²) in [6, 6.07) is 5.94. The zero-order valence-corrected chi connectivity index (χ0v) is 9.77. The highest BCUT2D eigenvalue weighted by Gasteiger charge is 2.22. The van der Waals surface area contributed by atoms with Gasteiger partial charge < -0.3 is 19.8 Å². The van der Waals surface area contributed by atoms with Gasteiger partial charge in [0.25, 0.3) is 0 Å². The van der Waals surface area contributed by atoms with E-state index in [-0.39, 0.29) is 0 Å². The van der Waals surface area contributed by atoms with Gasteiger partial charge in [0.05, 0.1) is 11.9 Å². The maximum Gasteiger partial charge on any atom is 0.231 e. The molecular formula is C13H13N3O2. The van der Waals surface area contributed by atoms with Crippen LogP contribution in [0.2, 0.25) is 0 Å². The van der Waals surface area contributed by atoms with E-state index < -0.39 is 0 Å². The molecule has 0 bridgehead atoms. The van der Waals surface area contributed by atoms with E-state index in [2.05, 4.69) is 15.3 Å². The second-order valence-electron chi connectivity index (χ2n) is 4.61. The van der Waals surface area contributed by atoms with Crippen LogP contribution in [0, 0.1) is 0 Å². The lowest BCUT2D eigenvalue weighted by molar-refractivity contribution is 0.174. The van der Waals surface area contributed by atoms with Crippen LogP contribution < -0.4 is 14.8 Å². The molecule has 0 atom stereocenters. The minimum atomic E-state index is 0.306. The van der Waals surface area contributed by atoms with Crippen LogP contribution in [-0.2, 0) is 0 Å². The summed E-state index contributed by atoms with van der Waals surface area (Å²) in [7, 11) is 0. The summed E-state index contributed by atoms with van der Waals surface area (Å²) in [5.41, 5.74) is 2.10. The van der Waals surface area contributed by atoms with Crippen molar-refractivity contribution in [3.05, 3.63) is 30.2 Å². The molecule has 5 heteroatoms. The van der Waals surface area contributed by atoms with E-state index in [0.29, 0.717) is 12.7 Å². The lowest BCUT2D eigenvalue weighted by Gasteiger charge is -2.24. The molecule has 5 nitrogen and oxygen atoms in total. The Morgan fingerprint density at radius 1 is 1.17 bits per heavy atom. The summed E-state index contributed by atoms with van der Waals surface area (Å²) in [5, 5.41) is 3.25. The van der Waals surface area contributed by atoms with Crippen LogP contribution in [0.4, 0.5) is 0 Å². The lowest BCUT2D eigenvalue weighted by Crippen LogP contribution is -2.40. The zero-order valence-electron chi connectivity index (χ0n) is 9.77. The third-order valence-corrected chi connectivity index (χ3v) is 3.45. The van der Waals surface area contributed by atoms with Gasteiger partial charge in [0, 0.05) is 24.6 Å². The highest BCUT2D eigenvalue weighted by atomic mass is 16.7. The van der Waals surface area contributed by atoms with E-state index in [4.69, 9.17) is 9.47 Å². The largest absolute Gasteiger partial charge is 0.454 e. The van der Waals surface area contributed by atoms with Crippen LogP contribution in [0.3, 0.4) is 0 Å². The number of nitrogens with one attached hydrogen (secondary N) is 2. The molecule has 0 unspecified atom stereocenters. The molecule has 0 saturated carbocycles. The molecule has 2 aliphatic heterocycles. The molecule has 4 rings (SSSR count). The molecule has 2 N–H and O–H groups in total. The quantitative estimate of drug-likeness (QED) is 0.839. The van der Waals surface area contributed by atoms with Gasteiger partial charge >= 0.3 is 0 Å². The van der Waals surface area contributed by atoms with Gasteiger partial charge in [0.1, 0.15) is 5.82 Å². The number of hydrogen-bond donors (Lipinski definition) is 2. The Hall–Kier alpha value is -2.01. The molecule has 2 aromatic rings. The van der Waals surface area contributed by atoms with E-state index in [1.807, 2.05) is 24.4 Å². The topological polar surface area (TPSA) is 59.2 Å². The molecule has 1 aromatic carbocycles. The average molecular weight is 243 g/mol. The fourth-order valence-corrected chi connectivity index (χ4v) is 2.24. The van der Waals surface area contributed by atoms with Crippen molar-refractivity contribution in [1.82, 2.24) is 15.3 Å². The molecule has 3 heterocycles. The Kier molecular flexibility index (Phi) is 2.07. The van der Waals surface area contributed by atoms with Crippen molar-refractivity contribution in [1.29, 1.82) is 0 Å². The standard InChI is InChI=1S/C13H13N3O2/c1-2-11-12(18-7-17-11)3-8(1)10-6-15-13(16-10)9-4-14-5-9/h1-3,6,9,14H,4-5,7H2,(H,15,16). The Bertz CT molecular complexity index is 590. The Morgan fingerprint density at radius 2 is 2.06 bits per heavy atom. The molecule has 92 valence electrons. The van der Waals surface area contributed by atoms with Crippen molar-refractivity contribution in [2.45, 2.75) is 5.92 Å². The number of fused-ring (bicyclic) bond motifs is 1. The van der Waals surface area contributed by atoms with Crippen molar-refractivity contribution in [2.24, 2.45) is 0 Å². The van der Waals surface area contributed by atoms with Gasteiger partial charge in [-0.3, -0.25) is 0 Å². The second-order valence-corrected chi connectivity index (χ2v) is 4.61. The van der Waals surface area contributed by atoms with Gasteiger partial charge in [-0.2, -0.15) is 0 Å². The summed E-state index contributed by atoms with van der Waals surface area (Å²) < 4.78 is 10.7. The van der Waals surface area contributed by atoms with Crippen LogP contribution in [0.1, 0.15) is 11.7 Å². The average Bonchev–Trinajstić information content (AvgIpc) is 2.93. The Balaban J connectivity index is 1.67. The van der Waals surface area contributed by atoms with Gasteiger partial charge in [0.2, 0.25) is 6.79 Å². The number of aromatic nitrogens is 2. The molecule has 18 heavy (non-hydrogen) atoms. The number of aromatic amines is 1. The minimum Gasteiger partial charge on any atom is -0.454 e. The van der Waals surface area contributed by atoms with Crippen molar-refractivity contribution in [3.63, 3.8) is 0 Å². The van der Waals surface area contributed by atoms with Crippen molar-refractivity contribution < 1.29 is 9.47 Å². The van der Waals surface area contributed by atoms with Crippen molar-refractivity contribution in [3.8, 4) is 22.8 Å². The predicted molar refractivity (Wildman–Crippen MR) is 65.8 cm³/mol. The van der Waals surface area contributed by atoms with Gasteiger partial charge in [0.15, 0.2) is 11.5 Å². The molecule has 0 amide bonds. The molecule has 0 spiro atoms. The third kappa shape index (κ3) is 1.48. The number of rotatable bonds is 2. The van der Waals surface area contributed by atoms with Crippen molar-refractivity contribution in [2.75, 3.05) is 19.9 Å². The summed E-state index contributed by atoms with van der Waals surface area (Å²) in [6.07, 6.45) is 1.88. The molecule has 1 fully saturated rings. The summed E-state index contributed by atoms with van der Waals surface area (Å²) in [4.78, 5) is 7.82. The molecule has 1 saturated heterocycles. The highest BCUT2D eigenvalue weighted by molar-refractivity contribution is 5.64. The first-order valence-corrected chi connectivity index (χ1v) is 6.06. The van der Waals surface area contributed by atoms with Crippen LogP contribution >= 0.6 is 0 Å². The SMILES string of the molecule is c1cc2c(cc1-c1cnc(C3CNC3)[nH]1)OCO2. The van der Waals surface area contributed by atoms with Crippen LogP contribution in [0.5, 0.6) is 11.5 Å². The number of benzene rings is 1. The van der Waals surface area contributed by atoms with Gasteiger partial charge in [-0.25, -0.2) is 4.98 Å². The fraction of sp³-hybridized carbons (Fsp3) is 0.308. The first-order valence-electron chi connectivity index (χ1n) is 6.06. The molecule has 1 aromatic heterocycles. The molecule has 0 aliphatic carbocycles. The zero-order chi connectivity index (χ0) is 11.9. The number of nitrogens with zero attached hydrogens (tertiary/aromatic N) is 1. The second kappa shape index (κ2) is 3.74. The number of imidazole rings is 1. The predicted octanol–water partition coefficient (Wildman–Crippen LogP) is 1.49. The first-order chi connectivity index (χ1) is 8.90. The molecule has 0 radical (unpaired) electrons. The van der Waals surface area contributed by atoms with Gasteiger partial charge in [-0.1, -0.05) is 0 Å². The number of hydrogen-bond acceptors (Lipinski definition) is 4. The smallest absolute Gasteiger partial charge is 0.231 e. The summed E-state index contributed by atoms with van der Waals surface area (Å²) in [5.74, 6) is 3.19. The maximum absolute atomic E-state index is 5.38. The monoisotopic (exact) mass is 243 g/mol. The normalized spacial score (nSPS) is 17.8. The van der Waals surface area contributed by atoms with E-state index in [9.17, 15) is 0 Å². The summed E-state index contributed by atoms with van der Waals surface area (Å²) >= 11 is 0. The number of ether oxygens (including phenoxy) is 2. The van der Waals surface area contributed by atoms with Gasteiger partial charge in [-0.15, -0.1) is 0 Å². The highest BCUT2D eigenvalue weighted by Crippen LogP contribution is 2.35. The van der Waals surface area contributed by atoms with E-state index in [1.165, 1.54) is 0 Å². The number of H-pyrrole nitrogens is 1. The van der Waals surface area contributed by atoms with Crippen molar-refractivity contribution >= 4 is 0 Å². The van der Waals surface area contributed by atoms with E-state index in [1.54, 1.807) is 0 Å². The fourth-order valence-electron chi connectivity index (χ4n) is 2.24. The molecular weight excluding hydrogens is 230 g/mol. The molecule has 2 aliphatic rings. The van der Waals surface area contributed by atoms with Gasteiger partial charge in [-0.05, 0) is 18.2 Å². The Morgan fingerprint density at radius 3 is 2.89 bits per heavy atom.